The first-order valence-corrected chi connectivity index (χ1v) is 33.4. The number of amides is 1. The molecule has 1 rings (SSSR count). The van der Waals surface area contributed by atoms with Crippen molar-refractivity contribution in [3.8, 4) is 0 Å². The van der Waals surface area contributed by atoms with Crippen LogP contribution in [-0.2, 0) is 14.3 Å². The van der Waals surface area contributed by atoms with Crippen molar-refractivity contribution >= 4 is 5.91 Å². The molecule has 0 saturated carbocycles. The molecule has 78 heavy (non-hydrogen) atoms. The molecule has 1 fully saturated rings. The summed E-state index contributed by atoms with van der Waals surface area (Å²) >= 11 is 0. The maximum atomic E-state index is 13.2. The van der Waals surface area contributed by atoms with Crippen molar-refractivity contribution in [3.05, 3.63) is 36.5 Å². The molecule has 11 heteroatoms. The number of carbonyl (C=O) groups excluding carboxylic acids is 1. The Labute approximate surface area is 479 Å². The zero-order chi connectivity index (χ0) is 56.8. The van der Waals surface area contributed by atoms with Gasteiger partial charge in [0.2, 0.25) is 5.91 Å². The second-order valence-electron chi connectivity index (χ2n) is 23.5. The third kappa shape index (κ3) is 43.1. The minimum absolute atomic E-state index is 0.243. The van der Waals surface area contributed by atoms with Gasteiger partial charge in [0.25, 0.3) is 0 Å². The Morgan fingerprint density at radius 2 is 0.769 bits per heavy atom. The number of rotatable bonds is 58. The fourth-order valence-corrected chi connectivity index (χ4v) is 10.8. The van der Waals surface area contributed by atoms with E-state index in [1.54, 1.807) is 0 Å². The summed E-state index contributed by atoms with van der Waals surface area (Å²) in [6.07, 6.45) is 59.4. The van der Waals surface area contributed by atoms with Crippen molar-refractivity contribution < 1.29 is 50.0 Å². The van der Waals surface area contributed by atoms with Crippen LogP contribution < -0.4 is 5.32 Å². The molecular formula is C67H127NO10. The van der Waals surface area contributed by atoms with E-state index in [9.17, 15) is 40.5 Å². The lowest BCUT2D eigenvalue weighted by Gasteiger charge is -2.40. The number of carbonyl (C=O) groups is 1. The average molecular weight is 1110 g/mol. The van der Waals surface area contributed by atoms with Gasteiger partial charge in [-0.2, -0.15) is 0 Å². The molecule has 0 aromatic rings. The summed E-state index contributed by atoms with van der Waals surface area (Å²) < 4.78 is 11.2. The van der Waals surface area contributed by atoms with E-state index in [-0.39, 0.29) is 12.8 Å². The number of aliphatic hydroxyl groups is 7. The monoisotopic (exact) mass is 1110 g/mol. The van der Waals surface area contributed by atoms with E-state index in [4.69, 9.17) is 9.47 Å². The number of hydrogen-bond donors (Lipinski definition) is 8. The van der Waals surface area contributed by atoms with Crippen LogP contribution in [0.2, 0.25) is 0 Å². The molecule has 1 heterocycles. The Morgan fingerprint density at radius 1 is 0.436 bits per heavy atom. The van der Waals surface area contributed by atoms with Gasteiger partial charge in [-0.3, -0.25) is 4.79 Å². The topological polar surface area (TPSA) is 189 Å². The third-order valence-corrected chi connectivity index (χ3v) is 16.2. The smallest absolute Gasteiger partial charge is 0.249 e. The van der Waals surface area contributed by atoms with Crippen LogP contribution >= 0.6 is 0 Å². The molecule has 0 aliphatic carbocycles. The van der Waals surface area contributed by atoms with Gasteiger partial charge in [-0.25, -0.2) is 0 Å². The summed E-state index contributed by atoms with van der Waals surface area (Å²) in [6, 6.07) is -1.19. The molecule has 1 aliphatic heterocycles. The minimum atomic E-state index is -1.67. The third-order valence-electron chi connectivity index (χ3n) is 16.2. The molecule has 0 aromatic carbocycles. The van der Waals surface area contributed by atoms with Crippen molar-refractivity contribution in [2.75, 3.05) is 13.2 Å². The molecule has 11 nitrogen and oxygen atoms in total. The highest BCUT2D eigenvalue weighted by Crippen LogP contribution is 2.24. The van der Waals surface area contributed by atoms with Crippen LogP contribution in [-0.4, -0.2) is 110 Å². The Kier molecular flexibility index (Phi) is 53.2. The van der Waals surface area contributed by atoms with Crippen LogP contribution in [0.15, 0.2) is 36.5 Å². The summed E-state index contributed by atoms with van der Waals surface area (Å²) in [5, 5.41) is 76.3. The molecule has 9 unspecified atom stereocenters. The van der Waals surface area contributed by atoms with E-state index in [0.717, 1.165) is 44.9 Å². The molecule has 1 amide bonds. The second kappa shape index (κ2) is 55.8. The molecule has 0 aromatic heterocycles. The highest BCUT2D eigenvalue weighted by molar-refractivity contribution is 5.80. The summed E-state index contributed by atoms with van der Waals surface area (Å²) in [5.74, 6) is -0.707. The van der Waals surface area contributed by atoms with Gasteiger partial charge in [0.05, 0.1) is 25.4 Å². The molecule has 8 N–H and O–H groups in total. The number of allylic oxidation sites excluding steroid dienone is 6. The highest BCUT2D eigenvalue weighted by Gasteiger charge is 2.44. The van der Waals surface area contributed by atoms with E-state index in [1.807, 2.05) is 0 Å². The lowest BCUT2D eigenvalue weighted by molar-refractivity contribution is -0.303. The number of aliphatic hydroxyl groups excluding tert-OH is 7. The van der Waals surface area contributed by atoms with Crippen LogP contribution in [0.1, 0.15) is 316 Å². The average Bonchev–Trinajstić information content (AvgIpc) is 3.46. The second-order valence-corrected chi connectivity index (χ2v) is 23.5. The number of unbranched alkanes of at least 4 members (excludes halogenated alkanes) is 40. The van der Waals surface area contributed by atoms with Crippen molar-refractivity contribution in [2.24, 2.45) is 0 Å². The summed E-state index contributed by atoms with van der Waals surface area (Å²) in [6.45, 7) is 3.47. The molecular weight excluding hydrogens is 979 g/mol. The first-order chi connectivity index (χ1) is 38.2. The standard InChI is InChI=1S/C67H127NO10/c1-3-5-7-9-11-13-15-17-19-21-23-25-26-27-28-29-30-31-32-33-35-37-39-41-43-45-47-49-51-53-55-60(71)66(76)68-58(57-77-67-65(75)64(74)63(73)61(56-69)78-67)62(72)59(70)54-52-50-48-46-44-42-40-38-36-34-24-22-20-18-16-14-12-10-8-6-4-2/h22,24,38,40,46,48,58-65,67,69-75H,3-21,23,25-37,39,41-45,47,49-57H2,1-2H3,(H,68,76)/b24-22+,40-38+,48-46+. The predicted molar refractivity (Wildman–Crippen MR) is 325 cm³/mol. The summed E-state index contributed by atoms with van der Waals surface area (Å²) in [5.41, 5.74) is 0. The first kappa shape index (κ1) is 74.3. The van der Waals surface area contributed by atoms with Crippen molar-refractivity contribution in [3.63, 3.8) is 0 Å². The van der Waals surface area contributed by atoms with E-state index < -0.39 is 74.2 Å². The molecule has 460 valence electrons. The van der Waals surface area contributed by atoms with Gasteiger partial charge in [-0.15, -0.1) is 0 Å². The normalized spacial score (nSPS) is 19.6. The Hall–Kier alpha value is -1.67. The lowest BCUT2D eigenvalue weighted by atomic mass is 9.98. The zero-order valence-electron chi connectivity index (χ0n) is 50.7. The minimum Gasteiger partial charge on any atom is -0.394 e. The van der Waals surface area contributed by atoms with Gasteiger partial charge < -0.3 is 50.5 Å². The number of hydrogen-bond acceptors (Lipinski definition) is 10. The molecule has 9 atom stereocenters. The molecule has 0 spiro atoms. The first-order valence-electron chi connectivity index (χ1n) is 33.4. The SMILES string of the molecule is CCCCCCCCCC/C=C/CC/C=C/CC/C=C/CCCC(O)C(O)C(COC1OC(CO)C(O)C(O)C1O)NC(=O)C(O)CCCCCCCCCCCCCCCCCCCCCCCCCCCCCCCC. The van der Waals surface area contributed by atoms with Crippen LogP contribution in [0.3, 0.4) is 0 Å². The largest absolute Gasteiger partial charge is 0.394 e. The van der Waals surface area contributed by atoms with E-state index in [2.05, 4.69) is 55.6 Å². The molecule has 0 bridgehead atoms. The van der Waals surface area contributed by atoms with Gasteiger partial charge >= 0.3 is 0 Å². The fourth-order valence-electron chi connectivity index (χ4n) is 10.8. The zero-order valence-corrected chi connectivity index (χ0v) is 50.7. The van der Waals surface area contributed by atoms with Gasteiger partial charge in [0, 0.05) is 0 Å². The lowest BCUT2D eigenvalue weighted by Crippen LogP contribution is -2.60. The van der Waals surface area contributed by atoms with Crippen LogP contribution in [0.5, 0.6) is 0 Å². The maximum absolute atomic E-state index is 13.2. The molecule has 1 saturated heterocycles. The quantitative estimate of drug-likeness (QED) is 0.0215. The Bertz CT molecular complexity index is 1360. The fraction of sp³-hybridized carbons (Fsp3) is 0.896. The van der Waals surface area contributed by atoms with Crippen LogP contribution in [0.4, 0.5) is 0 Å². The van der Waals surface area contributed by atoms with Gasteiger partial charge in [-0.1, -0.05) is 288 Å². The van der Waals surface area contributed by atoms with Crippen LogP contribution in [0.25, 0.3) is 0 Å². The van der Waals surface area contributed by atoms with Crippen LogP contribution in [0, 0.1) is 0 Å². The van der Waals surface area contributed by atoms with Gasteiger partial charge in [-0.05, 0) is 64.2 Å². The van der Waals surface area contributed by atoms with E-state index >= 15 is 0 Å². The Balaban J connectivity index is 2.23. The summed E-state index contributed by atoms with van der Waals surface area (Å²) in [7, 11) is 0. The van der Waals surface area contributed by atoms with E-state index in [0.29, 0.717) is 19.3 Å². The maximum Gasteiger partial charge on any atom is 0.249 e. The number of ether oxygens (including phenoxy) is 2. The van der Waals surface area contributed by atoms with Crippen molar-refractivity contribution in [1.29, 1.82) is 0 Å². The van der Waals surface area contributed by atoms with E-state index in [1.165, 1.54) is 225 Å². The van der Waals surface area contributed by atoms with Gasteiger partial charge in [0.1, 0.15) is 36.6 Å². The van der Waals surface area contributed by atoms with Crippen molar-refractivity contribution in [2.45, 2.75) is 371 Å². The summed E-state index contributed by atoms with van der Waals surface area (Å²) in [4.78, 5) is 13.2. The molecule has 0 radical (unpaired) electrons. The van der Waals surface area contributed by atoms with Gasteiger partial charge in [0.15, 0.2) is 6.29 Å². The number of nitrogens with one attached hydrogen (secondary N) is 1. The predicted octanol–water partition coefficient (Wildman–Crippen LogP) is 15.4. The highest BCUT2D eigenvalue weighted by atomic mass is 16.7. The molecule has 1 aliphatic rings. The Morgan fingerprint density at radius 3 is 1.14 bits per heavy atom. The van der Waals surface area contributed by atoms with Crippen molar-refractivity contribution in [1.82, 2.24) is 5.32 Å².